The van der Waals surface area contributed by atoms with Crippen molar-refractivity contribution in [2.24, 2.45) is 0 Å². The number of hydrogen-bond donors (Lipinski definition) is 0. The zero-order chi connectivity index (χ0) is 32.6. The zero-order valence-electron chi connectivity index (χ0n) is 26.7. The third-order valence-electron chi connectivity index (χ3n) is 9.07. The zero-order valence-corrected chi connectivity index (χ0v) is 26.7. The highest BCUT2D eigenvalue weighted by Gasteiger charge is 2.21. The van der Waals surface area contributed by atoms with Gasteiger partial charge in [-0.05, 0) is 105 Å². The number of anilines is 3. The Morgan fingerprint density at radius 1 is 0.286 bits per heavy atom. The summed E-state index contributed by atoms with van der Waals surface area (Å²) in [6.07, 6.45) is 0. The van der Waals surface area contributed by atoms with Crippen molar-refractivity contribution in [1.29, 1.82) is 0 Å². The normalized spacial score (nSPS) is 11.6. The molecule has 8 aromatic carbocycles. The predicted molar refractivity (Wildman–Crippen MR) is 202 cm³/mol. The van der Waals surface area contributed by atoms with Gasteiger partial charge in [0.05, 0.1) is 11.1 Å². The van der Waals surface area contributed by atoms with Crippen LogP contribution in [0.25, 0.3) is 44.2 Å². The van der Waals surface area contributed by atoms with E-state index in [0.29, 0.717) is 11.5 Å². The molecule has 0 N–H and O–H groups in total. The molecule has 8 aromatic rings. The maximum atomic E-state index is 6.56. The molecule has 1 aliphatic rings. The van der Waals surface area contributed by atoms with Crippen molar-refractivity contribution in [3.63, 3.8) is 0 Å². The molecule has 0 amide bonds. The molecule has 0 spiro atoms. The fourth-order valence-electron chi connectivity index (χ4n) is 6.70. The summed E-state index contributed by atoms with van der Waals surface area (Å²) in [6, 6.07) is 65.6. The molecule has 0 saturated carbocycles. The van der Waals surface area contributed by atoms with Crippen molar-refractivity contribution < 1.29 is 9.47 Å². The van der Waals surface area contributed by atoms with Crippen LogP contribution in [0.5, 0.6) is 23.0 Å². The number of rotatable bonds is 6. The average Bonchev–Trinajstić information content (AvgIpc) is 3.33. The maximum absolute atomic E-state index is 6.56. The highest BCUT2D eigenvalue weighted by atomic mass is 16.5. The Labute approximate surface area is 285 Å². The van der Waals surface area contributed by atoms with Crippen LogP contribution >= 0.6 is 0 Å². The molecule has 0 saturated heterocycles. The Kier molecular flexibility index (Phi) is 7.14. The highest BCUT2D eigenvalue weighted by Crippen LogP contribution is 2.48. The van der Waals surface area contributed by atoms with E-state index < -0.39 is 0 Å². The van der Waals surface area contributed by atoms with Crippen LogP contribution in [0, 0.1) is 0 Å². The first-order valence-electron chi connectivity index (χ1n) is 16.5. The number of para-hydroxylation sites is 1. The van der Waals surface area contributed by atoms with E-state index >= 15 is 0 Å². The van der Waals surface area contributed by atoms with E-state index in [1.54, 1.807) is 0 Å². The molecule has 0 aromatic heterocycles. The van der Waals surface area contributed by atoms with Gasteiger partial charge >= 0.3 is 0 Å². The fourth-order valence-corrected chi connectivity index (χ4v) is 6.70. The molecule has 3 nitrogen and oxygen atoms in total. The summed E-state index contributed by atoms with van der Waals surface area (Å²) in [5.41, 5.74) is 10.2. The van der Waals surface area contributed by atoms with E-state index in [4.69, 9.17) is 9.47 Å². The lowest BCUT2D eigenvalue weighted by molar-refractivity contribution is 0.439. The quantitative estimate of drug-likeness (QED) is 0.183. The first-order chi connectivity index (χ1) is 24.3. The Hall–Kier alpha value is -6.58. The van der Waals surface area contributed by atoms with Crippen LogP contribution in [-0.2, 0) is 0 Å². The van der Waals surface area contributed by atoms with Gasteiger partial charge in [0.2, 0.25) is 0 Å². The first kappa shape index (κ1) is 28.6. The average molecular weight is 630 g/mol. The standard InChI is InChI=1S/C46H31NO2/c1-4-12-32(13-5-1)36-28-37(33-14-6-2-7-15-33)30-38(29-36)34-22-24-40(25-23-34)47(39-18-8-3-9-19-39)41-26-27-42-45(31-41)49-44-21-11-17-35-16-10-20-43(48-42)46(35)44/h1-31H. The summed E-state index contributed by atoms with van der Waals surface area (Å²) in [6.45, 7) is 0. The second-order valence-corrected chi connectivity index (χ2v) is 12.2. The molecule has 1 aliphatic heterocycles. The van der Waals surface area contributed by atoms with Gasteiger partial charge in [0.25, 0.3) is 0 Å². The van der Waals surface area contributed by atoms with Gasteiger partial charge in [0.15, 0.2) is 11.5 Å². The van der Waals surface area contributed by atoms with Gasteiger partial charge in [-0.15, -0.1) is 0 Å². The lowest BCUT2D eigenvalue weighted by Crippen LogP contribution is -2.10. The van der Waals surface area contributed by atoms with Gasteiger partial charge in [-0.25, -0.2) is 0 Å². The summed E-state index contributed by atoms with van der Waals surface area (Å²) in [7, 11) is 0. The molecular weight excluding hydrogens is 599 g/mol. The lowest BCUT2D eigenvalue weighted by atomic mass is 9.93. The van der Waals surface area contributed by atoms with Crippen LogP contribution in [0.1, 0.15) is 0 Å². The summed E-state index contributed by atoms with van der Waals surface area (Å²) < 4.78 is 13.0. The summed E-state index contributed by atoms with van der Waals surface area (Å²) >= 11 is 0. The third-order valence-corrected chi connectivity index (χ3v) is 9.07. The van der Waals surface area contributed by atoms with E-state index in [9.17, 15) is 0 Å². The number of ether oxygens (including phenoxy) is 2. The molecule has 0 aliphatic carbocycles. The topological polar surface area (TPSA) is 21.7 Å². The van der Waals surface area contributed by atoms with E-state index in [0.717, 1.165) is 44.9 Å². The summed E-state index contributed by atoms with van der Waals surface area (Å²) in [5.74, 6) is 2.93. The molecule has 9 rings (SSSR count). The van der Waals surface area contributed by atoms with E-state index in [1.165, 1.54) is 27.8 Å². The van der Waals surface area contributed by atoms with Gasteiger partial charge in [-0.1, -0.05) is 115 Å². The van der Waals surface area contributed by atoms with Gasteiger partial charge in [0.1, 0.15) is 11.5 Å². The molecule has 3 heteroatoms. The van der Waals surface area contributed by atoms with E-state index in [2.05, 4.69) is 157 Å². The number of benzene rings is 8. The Morgan fingerprint density at radius 2 is 0.755 bits per heavy atom. The van der Waals surface area contributed by atoms with Gasteiger partial charge in [-0.2, -0.15) is 0 Å². The molecule has 0 bridgehead atoms. The minimum atomic E-state index is 0.671. The SMILES string of the molecule is c1ccc(-c2cc(-c3ccccc3)cc(-c3ccc(N(c4ccccc4)c4ccc5c(c4)Oc4cccc6cccc(c46)O5)cc3)c2)cc1. The van der Waals surface area contributed by atoms with Crippen molar-refractivity contribution >= 4 is 27.8 Å². The van der Waals surface area contributed by atoms with Crippen molar-refractivity contribution in [3.8, 4) is 56.4 Å². The van der Waals surface area contributed by atoms with Crippen LogP contribution in [-0.4, -0.2) is 0 Å². The smallest absolute Gasteiger partial charge is 0.172 e. The minimum absolute atomic E-state index is 0.671. The molecule has 0 radical (unpaired) electrons. The minimum Gasteiger partial charge on any atom is -0.453 e. The predicted octanol–water partition coefficient (Wildman–Crippen LogP) is 13.2. The van der Waals surface area contributed by atoms with Crippen LogP contribution in [0.4, 0.5) is 17.1 Å². The maximum Gasteiger partial charge on any atom is 0.172 e. The molecule has 232 valence electrons. The Bertz CT molecular complexity index is 2360. The second-order valence-electron chi connectivity index (χ2n) is 12.2. The van der Waals surface area contributed by atoms with Crippen LogP contribution < -0.4 is 14.4 Å². The number of nitrogens with zero attached hydrogens (tertiary/aromatic N) is 1. The highest BCUT2D eigenvalue weighted by molar-refractivity contribution is 5.95. The van der Waals surface area contributed by atoms with E-state index in [-0.39, 0.29) is 0 Å². The fraction of sp³-hybridized carbons (Fsp3) is 0. The third kappa shape index (κ3) is 5.48. The molecular formula is C46H31NO2. The molecule has 49 heavy (non-hydrogen) atoms. The molecule has 0 atom stereocenters. The van der Waals surface area contributed by atoms with Crippen LogP contribution in [0.2, 0.25) is 0 Å². The summed E-state index contributed by atoms with van der Waals surface area (Å²) in [5, 5.41) is 2.06. The Morgan fingerprint density at radius 3 is 1.33 bits per heavy atom. The van der Waals surface area contributed by atoms with Crippen molar-refractivity contribution in [2.45, 2.75) is 0 Å². The number of hydrogen-bond acceptors (Lipinski definition) is 3. The molecule has 0 unspecified atom stereocenters. The van der Waals surface area contributed by atoms with E-state index in [1.807, 2.05) is 36.4 Å². The Balaban J connectivity index is 1.12. The van der Waals surface area contributed by atoms with Gasteiger partial charge < -0.3 is 14.4 Å². The monoisotopic (exact) mass is 629 g/mol. The van der Waals surface area contributed by atoms with Crippen molar-refractivity contribution in [2.75, 3.05) is 4.90 Å². The van der Waals surface area contributed by atoms with Crippen LogP contribution in [0.3, 0.4) is 0 Å². The summed E-state index contributed by atoms with van der Waals surface area (Å²) in [4.78, 5) is 2.25. The van der Waals surface area contributed by atoms with Crippen molar-refractivity contribution in [3.05, 3.63) is 188 Å². The largest absolute Gasteiger partial charge is 0.453 e. The molecule has 1 heterocycles. The van der Waals surface area contributed by atoms with Crippen LogP contribution in [0.15, 0.2) is 188 Å². The van der Waals surface area contributed by atoms with Gasteiger partial charge in [0, 0.05) is 17.4 Å². The second kappa shape index (κ2) is 12.2. The number of fused-ring (bicyclic) bond motifs is 1. The van der Waals surface area contributed by atoms with Gasteiger partial charge in [-0.3, -0.25) is 0 Å². The molecule has 0 fully saturated rings. The lowest BCUT2D eigenvalue weighted by Gasteiger charge is -2.26. The first-order valence-corrected chi connectivity index (χ1v) is 16.5. The van der Waals surface area contributed by atoms with Crippen molar-refractivity contribution in [1.82, 2.24) is 0 Å².